The number of benzene rings is 2. The molecule has 0 aromatic heterocycles. The van der Waals surface area contributed by atoms with Gasteiger partial charge in [-0.25, -0.2) is 8.42 Å². The third-order valence-corrected chi connectivity index (χ3v) is 7.73. The Morgan fingerprint density at radius 3 is 2.32 bits per heavy atom. The predicted octanol–water partition coefficient (Wildman–Crippen LogP) is 3.34. The first-order chi connectivity index (χ1) is 17.4. The van der Waals surface area contributed by atoms with Gasteiger partial charge in [-0.05, 0) is 58.2 Å². The van der Waals surface area contributed by atoms with E-state index >= 15 is 0 Å². The van der Waals surface area contributed by atoms with Gasteiger partial charge in [0.15, 0.2) is 11.5 Å². The van der Waals surface area contributed by atoms with Gasteiger partial charge in [0.05, 0.1) is 11.4 Å². The number of fused-ring (bicyclic) bond motifs is 1. The van der Waals surface area contributed by atoms with E-state index in [2.05, 4.69) is 5.32 Å². The van der Waals surface area contributed by atoms with Crippen LogP contribution in [0.25, 0.3) is 0 Å². The Hall–Kier alpha value is -3.27. The molecule has 9 nitrogen and oxygen atoms in total. The number of hydrogen-bond acceptors (Lipinski definition) is 6. The van der Waals surface area contributed by atoms with Crippen molar-refractivity contribution in [1.82, 2.24) is 10.2 Å². The summed E-state index contributed by atoms with van der Waals surface area (Å²) in [5.41, 5.74) is 0.831. The summed E-state index contributed by atoms with van der Waals surface area (Å²) in [6, 6.07) is 13.7. The SMILES string of the molecule is CCC(C(=O)NC(C)(C)C)N(CCc1ccccc1)C(=O)CN(c1ccc2c(c1)OCO2)S(=O)(=O)CC. The second-order valence-corrected chi connectivity index (χ2v) is 12.1. The molecule has 0 spiro atoms. The van der Waals surface area contributed by atoms with E-state index in [9.17, 15) is 18.0 Å². The van der Waals surface area contributed by atoms with Crippen LogP contribution >= 0.6 is 0 Å². The lowest BCUT2D eigenvalue weighted by molar-refractivity contribution is -0.140. The van der Waals surface area contributed by atoms with Crippen molar-refractivity contribution >= 4 is 27.5 Å². The van der Waals surface area contributed by atoms with Crippen LogP contribution in [0.15, 0.2) is 48.5 Å². The fourth-order valence-corrected chi connectivity index (χ4v) is 5.16. The topological polar surface area (TPSA) is 105 Å². The van der Waals surface area contributed by atoms with Gasteiger partial charge in [-0.15, -0.1) is 0 Å². The van der Waals surface area contributed by atoms with Crippen LogP contribution in [0.4, 0.5) is 5.69 Å². The lowest BCUT2D eigenvalue weighted by Gasteiger charge is -2.34. The number of rotatable bonds is 11. The second-order valence-electron chi connectivity index (χ2n) is 9.93. The minimum atomic E-state index is -3.82. The standard InChI is InChI=1S/C27H37N3O6S/c1-6-22(26(32)28-27(3,4)5)29(16-15-20-11-9-8-10-12-20)25(31)18-30(37(33,34)7-2)21-13-14-23-24(17-21)36-19-35-23/h8-14,17,22H,6-7,15-16,18-19H2,1-5H3,(H,28,32). The number of ether oxygens (including phenoxy) is 2. The molecule has 0 bridgehead atoms. The molecule has 2 aromatic carbocycles. The number of carbonyl (C=O) groups excluding carboxylic acids is 2. The number of hydrogen-bond donors (Lipinski definition) is 1. The highest BCUT2D eigenvalue weighted by Gasteiger charge is 2.33. The molecule has 2 amide bonds. The second kappa shape index (κ2) is 11.9. The van der Waals surface area contributed by atoms with Gasteiger partial charge >= 0.3 is 0 Å². The number of amides is 2. The van der Waals surface area contributed by atoms with Crippen molar-refractivity contribution < 1.29 is 27.5 Å². The van der Waals surface area contributed by atoms with Crippen LogP contribution in [0, 0.1) is 0 Å². The van der Waals surface area contributed by atoms with Gasteiger partial charge in [0.25, 0.3) is 0 Å². The molecule has 0 fully saturated rings. The zero-order valence-electron chi connectivity index (χ0n) is 22.2. The van der Waals surface area contributed by atoms with Crippen LogP contribution in [0.1, 0.15) is 46.6 Å². The fraction of sp³-hybridized carbons (Fsp3) is 0.481. The average Bonchev–Trinajstić information content (AvgIpc) is 3.32. The largest absolute Gasteiger partial charge is 0.454 e. The molecule has 1 unspecified atom stereocenters. The Balaban J connectivity index is 1.93. The maximum Gasteiger partial charge on any atom is 0.244 e. The van der Waals surface area contributed by atoms with Gasteiger partial charge in [-0.2, -0.15) is 0 Å². The van der Waals surface area contributed by atoms with Crippen molar-refractivity contribution in [2.75, 3.05) is 29.9 Å². The molecule has 10 heteroatoms. The maximum absolute atomic E-state index is 13.8. The Kier molecular flexibility index (Phi) is 9.07. The van der Waals surface area contributed by atoms with Crippen LogP contribution in [0.3, 0.4) is 0 Å². The van der Waals surface area contributed by atoms with E-state index in [1.165, 1.54) is 11.8 Å². The van der Waals surface area contributed by atoms with Crippen LogP contribution < -0.4 is 19.1 Å². The third kappa shape index (κ3) is 7.38. The van der Waals surface area contributed by atoms with Crippen molar-refractivity contribution in [3.8, 4) is 11.5 Å². The summed E-state index contributed by atoms with van der Waals surface area (Å²) in [5.74, 6) is 0.00268. The first-order valence-corrected chi connectivity index (χ1v) is 14.1. The van der Waals surface area contributed by atoms with E-state index in [1.807, 2.05) is 58.0 Å². The summed E-state index contributed by atoms with van der Waals surface area (Å²) in [5, 5.41) is 2.96. The maximum atomic E-state index is 13.8. The Labute approximate surface area is 219 Å². The van der Waals surface area contributed by atoms with Crippen LogP contribution in [0.5, 0.6) is 11.5 Å². The lowest BCUT2D eigenvalue weighted by Crippen LogP contribution is -2.56. The summed E-state index contributed by atoms with van der Waals surface area (Å²) in [7, 11) is -3.82. The van der Waals surface area contributed by atoms with Gasteiger partial charge in [-0.3, -0.25) is 13.9 Å². The smallest absolute Gasteiger partial charge is 0.244 e. The summed E-state index contributed by atoms with van der Waals surface area (Å²) >= 11 is 0. The normalized spacial score (nSPS) is 13.6. The molecular formula is C27H37N3O6S. The van der Waals surface area contributed by atoms with Gasteiger partial charge < -0.3 is 19.7 Å². The van der Waals surface area contributed by atoms with Crippen molar-refractivity contribution in [2.45, 2.75) is 59.0 Å². The highest BCUT2D eigenvalue weighted by Crippen LogP contribution is 2.36. The molecule has 1 aliphatic rings. The highest BCUT2D eigenvalue weighted by atomic mass is 32.2. The zero-order valence-corrected chi connectivity index (χ0v) is 23.0. The molecule has 3 rings (SSSR count). The minimum Gasteiger partial charge on any atom is -0.454 e. The number of sulfonamides is 1. The lowest BCUT2D eigenvalue weighted by atomic mass is 10.1. The van der Waals surface area contributed by atoms with Crippen molar-refractivity contribution in [2.24, 2.45) is 0 Å². The van der Waals surface area contributed by atoms with E-state index < -0.39 is 34.1 Å². The van der Waals surface area contributed by atoms with Crippen molar-refractivity contribution in [3.63, 3.8) is 0 Å². The fourth-order valence-electron chi connectivity index (χ4n) is 4.11. The molecule has 1 N–H and O–H groups in total. The van der Waals surface area contributed by atoms with E-state index in [1.54, 1.807) is 18.2 Å². The summed E-state index contributed by atoms with van der Waals surface area (Å²) in [6.45, 7) is 8.87. The molecule has 37 heavy (non-hydrogen) atoms. The van der Waals surface area contributed by atoms with Crippen molar-refractivity contribution in [1.29, 1.82) is 0 Å². The minimum absolute atomic E-state index is 0.0482. The number of nitrogens with one attached hydrogen (secondary N) is 1. The number of anilines is 1. The van der Waals surface area contributed by atoms with E-state index in [4.69, 9.17) is 9.47 Å². The van der Waals surface area contributed by atoms with E-state index in [0.717, 1.165) is 9.87 Å². The Morgan fingerprint density at radius 1 is 1.03 bits per heavy atom. The monoisotopic (exact) mass is 531 g/mol. The first-order valence-electron chi connectivity index (χ1n) is 12.5. The average molecular weight is 532 g/mol. The number of nitrogens with zero attached hydrogens (tertiary/aromatic N) is 2. The van der Waals surface area contributed by atoms with Crippen LogP contribution in [0.2, 0.25) is 0 Å². The van der Waals surface area contributed by atoms with Gasteiger partial charge in [0.2, 0.25) is 28.6 Å². The highest BCUT2D eigenvalue weighted by molar-refractivity contribution is 7.92. The molecule has 1 aliphatic heterocycles. The van der Waals surface area contributed by atoms with Crippen LogP contribution in [-0.4, -0.2) is 62.3 Å². The Morgan fingerprint density at radius 2 is 1.70 bits per heavy atom. The quantitative estimate of drug-likeness (QED) is 0.477. The molecule has 0 saturated heterocycles. The van der Waals surface area contributed by atoms with E-state index in [-0.39, 0.29) is 25.0 Å². The molecule has 0 radical (unpaired) electrons. The summed E-state index contributed by atoms with van der Waals surface area (Å²) < 4.78 is 38.0. The van der Waals surface area contributed by atoms with E-state index in [0.29, 0.717) is 30.0 Å². The van der Waals surface area contributed by atoms with Crippen LogP contribution in [-0.2, 0) is 26.0 Å². The molecule has 1 atom stereocenters. The molecule has 1 heterocycles. The van der Waals surface area contributed by atoms with Gasteiger partial charge in [0, 0.05) is 18.2 Å². The summed E-state index contributed by atoms with van der Waals surface area (Å²) in [6.07, 6.45) is 0.906. The third-order valence-electron chi connectivity index (χ3n) is 5.99. The van der Waals surface area contributed by atoms with Gasteiger partial charge in [-0.1, -0.05) is 37.3 Å². The molecule has 0 saturated carbocycles. The predicted molar refractivity (Wildman–Crippen MR) is 143 cm³/mol. The molecule has 202 valence electrons. The van der Waals surface area contributed by atoms with Crippen molar-refractivity contribution in [3.05, 3.63) is 54.1 Å². The molecule has 2 aromatic rings. The zero-order chi connectivity index (χ0) is 27.2. The van der Waals surface area contributed by atoms with Gasteiger partial charge in [0.1, 0.15) is 12.6 Å². The Bertz CT molecular complexity index is 1190. The summed E-state index contributed by atoms with van der Waals surface area (Å²) in [4.78, 5) is 28.5. The molecular weight excluding hydrogens is 494 g/mol. The molecule has 0 aliphatic carbocycles. The first kappa shape index (κ1) is 28.3. The number of carbonyl (C=O) groups is 2.